The standard InChI is InChI=1S/C15H10O2/c16-15(17-14-9-5-2-6-10-14)12-11-13-7-3-1-4-8-13/h1-10H. The van der Waals surface area contributed by atoms with Gasteiger partial charge in [-0.1, -0.05) is 42.3 Å². The minimum atomic E-state index is -0.556. The Bertz CT molecular complexity index is 548. The highest BCUT2D eigenvalue weighted by Gasteiger charge is 1.98. The van der Waals surface area contributed by atoms with E-state index in [1.165, 1.54) is 0 Å². The largest absolute Gasteiger partial charge is 0.417 e. The van der Waals surface area contributed by atoms with Crippen LogP contribution in [0.15, 0.2) is 60.7 Å². The van der Waals surface area contributed by atoms with E-state index in [2.05, 4.69) is 11.8 Å². The molecule has 2 rings (SSSR count). The number of benzene rings is 2. The lowest BCUT2D eigenvalue weighted by molar-refractivity contribution is -0.128. The molecule has 0 N–H and O–H groups in total. The minimum absolute atomic E-state index is 0.500. The summed E-state index contributed by atoms with van der Waals surface area (Å²) in [6.45, 7) is 0. The summed E-state index contributed by atoms with van der Waals surface area (Å²) in [7, 11) is 0. The van der Waals surface area contributed by atoms with Gasteiger partial charge in [0.25, 0.3) is 0 Å². The van der Waals surface area contributed by atoms with Crippen LogP contribution in [0, 0.1) is 11.8 Å². The summed E-state index contributed by atoms with van der Waals surface area (Å²) in [6.07, 6.45) is 0. The molecule has 0 aliphatic rings. The Morgan fingerprint density at radius 2 is 1.47 bits per heavy atom. The summed E-state index contributed by atoms with van der Waals surface area (Å²) < 4.78 is 5.02. The van der Waals surface area contributed by atoms with Gasteiger partial charge in [0.1, 0.15) is 5.75 Å². The van der Waals surface area contributed by atoms with Gasteiger partial charge < -0.3 is 4.74 Å². The zero-order valence-electron chi connectivity index (χ0n) is 9.09. The molecule has 0 aliphatic heterocycles. The Morgan fingerprint density at radius 1 is 0.882 bits per heavy atom. The third-order valence-electron chi connectivity index (χ3n) is 2.04. The molecule has 0 aromatic heterocycles. The summed E-state index contributed by atoms with van der Waals surface area (Å²) >= 11 is 0. The van der Waals surface area contributed by atoms with E-state index in [1.807, 2.05) is 36.4 Å². The number of carbonyl (C=O) groups is 1. The normalized spacial score (nSPS) is 8.94. The van der Waals surface area contributed by atoms with Crippen LogP contribution in [0.4, 0.5) is 0 Å². The fourth-order valence-corrected chi connectivity index (χ4v) is 1.27. The van der Waals surface area contributed by atoms with Crippen LogP contribution in [0.25, 0.3) is 0 Å². The van der Waals surface area contributed by atoms with Gasteiger partial charge in [0.15, 0.2) is 0 Å². The summed E-state index contributed by atoms with van der Waals surface area (Å²) in [5.41, 5.74) is 0.789. The average Bonchev–Trinajstić information content (AvgIpc) is 2.39. The number of esters is 1. The van der Waals surface area contributed by atoms with Gasteiger partial charge in [-0.3, -0.25) is 0 Å². The van der Waals surface area contributed by atoms with E-state index in [4.69, 9.17) is 4.74 Å². The minimum Gasteiger partial charge on any atom is -0.417 e. The Morgan fingerprint density at radius 3 is 2.12 bits per heavy atom. The maximum Gasteiger partial charge on any atom is 0.390 e. The molecule has 0 saturated heterocycles. The molecule has 0 unspecified atom stereocenters. The van der Waals surface area contributed by atoms with Gasteiger partial charge in [-0.05, 0) is 24.3 Å². The SMILES string of the molecule is O=C(C#Cc1ccccc1)Oc1ccccc1. The van der Waals surface area contributed by atoms with Gasteiger partial charge in [0, 0.05) is 11.5 Å². The van der Waals surface area contributed by atoms with E-state index < -0.39 is 5.97 Å². The quantitative estimate of drug-likeness (QED) is 0.421. The monoisotopic (exact) mass is 222 g/mol. The Balaban J connectivity index is 2.02. The predicted molar refractivity (Wildman–Crippen MR) is 65.4 cm³/mol. The van der Waals surface area contributed by atoms with Crippen LogP contribution in [-0.4, -0.2) is 5.97 Å². The van der Waals surface area contributed by atoms with Crippen molar-refractivity contribution < 1.29 is 9.53 Å². The van der Waals surface area contributed by atoms with Gasteiger partial charge >= 0.3 is 5.97 Å². The maximum absolute atomic E-state index is 11.4. The molecule has 82 valence electrons. The second-order valence-electron chi connectivity index (χ2n) is 3.32. The van der Waals surface area contributed by atoms with Crippen LogP contribution in [0.1, 0.15) is 5.56 Å². The first-order valence-electron chi connectivity index (χ1n) is 5.18. The zero-order chi connectivity index (χ0) is 11.9. The van der Waals surface area contributed by atoms with Gasteiger partial charge in [-0.25, -0.2) is 4.79 Å². The predicted octanol–water partition coefficient (Wildman–Crippen LogP) is 2.64. The molecule has 0 atom stereocenters. The molecular weight excluding hydrogens is 212 g/mol. The van der Waals surface area contributed by atoms with Crippen LogP contribution < -0.4 is 4.74 Å². The highest BCUT2D eigenvalue weighted by Crippen LogP contribution is 2.07. The van der Waals surface area contributed by atoms with Crippen molar-refractivity contribution in [3.63, 3.8) is 0 Å². The van der Waals surface area contributed by atoms with Crippen molar-refractivity contribution in [3.8, 4) is 17.6 Å². The molecule has 2 nitrogen and oxygen atoms in total. The van der Waals surface area contributed by atoms with Gasteiger partial charge in [0.2, 0.25) is 0 Å². The number of carbonyl (C=O) groups excluding carboxylic acids is 1. The highest BCUT2D eigenvalue weighted by molar-refractivity contribution is 5.90. The maximum atomic E-state index is 11.4. The molecule has 0 fully saturated rings. The molecule has 0 radical (unpaired) electrons. The first kappa shape index (κ1) is 11.0. The van der Waals surface area contributed by atoms with Crippen molar-refractivity contribution in [3.05, 3.63) is 66.2 Å². The lowest BCUT2D eigenvalue weighted by Crippen LogP contribution is -2.04. The number of para-hydroxylation sites is 1. The topological polar surface area (TPSA) is 26.3 Å². The molecule has 2 aromatic carbocycles. The van der Waals surface area contributed by atoms with Crippen molar-refractivity contribution in [1.29, 1.82) is 0 Å². The van der Waals surface area contributed by atoms with Crippen LogP contribution in [0.2, 0.25) is 0 Å². The molecular formula is C15H10O2. The van der Waals surface area contributed by atoms with Crippen molar-refractivity contribution in [2.75, 3.05) is 0 Å². The molecule has 17 heavy (non-hydrogen) atoms. The zero-order valence-corrected chi connectivity index (χ0v) is 9.09. The Kier molecular flexibility index (Phi) is 3.57. The molecule has 2 aromatic rings. The van der Waals surface area contributed by atoms with Gasteiger partial charge in [0.05, 0.1) is 0 Å². The van der Waals surface area contributed by atoms with Crippen LogP contribution in [0.3, 0.4) is 0 Å². The fourth-order valence-electron chi connectivity index (χ4n) is 1.27. The summed E-state index contributed by atoms with van der Waals surface area (Å²) in [6, 6.07) is 18.2. The third kappa shape index (κ3) is 3.51. The van der Waals surface area contributed by atoms with E-state index in [1.54, 1.807) is 24.3 Å². The van der Waals surface area contributed by atoms with E-state index in [-0.39, 0.29) is 0 Å². The van der Waals surface area contributed by atoms with E-state index >= 15 is 0 Å². The number of ether oxygens (including phenoxy) is 1. The summed E-state index contributed by atoms with van der Waals surface area (Å²) in [5, 5.41) is 0. The molecule has 2 heteroatoms. The molecule has 0 spiro atoms. The first-order chi connectivity index (χ1) is 8.34. The number of hydrogen-bond donors (Lipinski definition) is 0. The number of hydrogen-bond acceptors (Lipinski definition) is 2. The first-order valence-corrected chi connectivity index (χ1v) is 5.18. The third-order valence-corrected chi connectivity index (χ3v) is 2.04. The van der Waals surface area contributed by atoms with Gasteiger partial charge in [-0.15, -0.1) is 0 Å². The lowest BCUT2D eigenvalue weighted by Gasteiger charge is -1.97. The Labute approximate surface area is 99.9 Å². The molecule has 0 amide bonds. The summed E-state index contributed by atoms with van der Waals surface area (Å²) in [5.74, 6) is 5.12. The second kappa shape index (κ2) is 5.53. The molecule has 0 heterocycles. The van der Waals surface area contributed by atoms with Crippen molar-refractivity contribution in [2.45, 2.75) is 0 Å². The fraction of sp³-hybridized carbons (Fsp3) is 0. The van der Waals surface area contributed by atoms with Crippen LogP contribution in [-0.2, 0) is 4.79 Å². The Hall–Kier alpha value is -2.53. The number of rotatable bonds is 1. The van der Waals surface area contributed by atoms with Crippen LogP contribution in [0.5, 0.6) is 5.75 Å². The molecule has 0 saturated carbocycles. The van der Waals surface area contributed by atoms with Crippen molar-refractivity contribution in [2.24, 2.45) is 0 Å². The summed E-state index contributed by atoms with van der Waals surface area (Å²) in [4.78, 5) is 11.4. The molecule has 0 bridgehead atoms. The van der Waals surface area contributed by atoms with Crippen molar-refractivity contribution >= 4 is 5.97 Å². The van der Waals surface area contributed by atoms with E-state index in [9.17, 15) is 4.79 Å². The van der Waals surface area contributed by atoms with Gasteiger partial charge in [-0.2, -0.15) is 0 Å². The highest BCUT2D eigenvalue weighted by atomic mass is 16.5. The van der Waals surface area contributed by atoms with Crippen molar-refractivity contribution in [1.82, 2.24) is 0 Å². The molecule has 0 aliphatic carbocycles. The lowest BCUT2D eigenvalue weighted by atomic mass is 10.2. The smallest absolute Gasteiger partial charge is 0.390 e. The van der Waals surface area contributed by atoms with E-state index in [0.29, 0.717) is 5.75 Å². The second-order valence-corrected chi connectivity index (χ2v) is 3.32. The van der Waals surface area contributed by atoms with E-state index in [0.717, 1.165) is 5.56 Å². The van der Waals surface area contributed by atoms with Crippen LogP contribution >= 0.6 is 0 Å². The average molecular weight is 222 g/mol.